The van der Waals surface area contributed by atoms with Gasteiger partial charge in [0, 0.05) is 24.7 Å². The Kier molecular flexibility index (Phi) is 8.82. The lowest BCUT2D eigenvalue weighted by Gasteiger charge is -2.23. The Labute approximate surface area is 202 Å². The van der Waals surface area contributed by atoms with E-state index < -0.39 is 12.1 Å². The minimum absolute atomic E-state index is 0.0204. The minimum atomic E-state index is -0.674. The molecule has 7 nitrogen and oxygen atoms in total. The molecule has 1 saturated heterocycles. The highest BCUT2D eigenvalue weighted by atomic mass is 16.2. The Morgan fingerprint density at radius 3 is 2.47 bits per heavy atom. The van der Waals surface area contributed by atoms with E-state index in [0.29, 0.717) is 37.9 Å². The summed E-state index contributed by atoms with van der Waals surface area (Å²) in [5, 5.41) is 8.93. The third-order valence-electron chi connectivity index (χ3n) is 6.51. The van der Waals surface area contributed by atoms with E-state index in [4.69, 9.17) is 0 Å². The quantitative estimate of drug-likeness (QED) is 0.532. The van der Waals surface area contributed by atoms with Gasteiger partial charge in [0.15, 0.2) is 0 Å². The number of anilines is 1. The van der Waals surface area contributed by atoms with E-state index in [1.54, 1.807) is 0 Å². The van der Waals surface area contributed by atoms with Crippen LogP contribution in [0.15, 0.2) is 48.5 Å². The van der Waals surface area contributed by atoms with Crippen LogP contribution in [0.5, 0.6) is 0 Å². The molecule has 3 amide bonds. The zero-order valence-electron chi connectivity index (χ0n) is 20.6. The smallest absolute Gasteiger partial charge is 0.246 e. The van der Waals surface area contributed by atoms with E-state index in [2.05, 4.69) is 16.0 Å². The van der Waals surface area contributed by atoms with E-state index in [0.717, 1.165) is 16.7 Å². The first-order valence-electron chi connectivity index (χ1n) is 12.0. The molecule has 1 fully saturated rings. The van der Waals surface area contributed by atoms with Crippen molar-refractivity contribution in [3.8, 4) is 0 Å². The van der Waals surface area contributed by atoms with Crippen LogP contribution in [0.3, 0.4) is 0 Å². The number of amides is 3. The van der Waals surface area contributed by atoms with Gasteiger partial charge in [-0.2, -0.15) is 0 Å². The zero-order chi connectivity index (χ0) is 24.7. The number of carbonyl (C=O) groups is 3. The summed E-state index contributed by atoms with van der Waals surface area (Å²) >= 11 is 0. The lowest BCUT2D eigenvalue weighted by Crippen LogP contribution is -2.50. The highest BCUT2D eigenvalue weighted by molar-refractivity contribution is 5.98. The van der Waals surface area contributed by atoms with Crippen LogP contribution in [0.1, 0.15) is 42.9 Å². The summed E-state index contributed by atoms with van der Waals surface area (Å²) in [5.41, 5.74) is 4.07. The van der Waals surface area contributed by atoms with Crippen LogP contribution in [0, 0.1) is 13.8 Å². The second kappa shape index (κ2) is 11.8. The molecule has 3 rings (SSSR count). The average Bonchev–Trinajstić information content (AvgIpc) is 3.19. The van der Waals surface area contributed by atoms with Crippen LogP contribution in [0.4, 0.5) is 5.69 Å². The third-order valence-corrected chi connectivity index (χ3v) is 6.51. The van der Waals surface area contributed by atoms with E-state index in [1.165, 1.54) is 0 Å². The molecule has 0 saturated carbocycles. The first-order chi connectivity index (χ1) is 16.3. The number of nitrogens with zero attached hydrogens (tertiary/aromatic N) is 1. The SMILES string of the molecule is CCC(=O)NC1CC(C(=O)NC(CCc2ccccc2)C(=O)Nc2ccc(C)c(C)c2)N(C)C1. The molecular weight excluding hydrogens is 428 g/mol. The summed E-state index contributed by atoms with van der Waals surface area (Å²) in [5.74, 6) is -0.443. The lowest BCUT2D eigenvalue weighted by atomic mass is 10.0. The van der Waals surface area contributed by atoms with Crippen molar-refractivity contribution in [1.29, 1.82) is 0 Å². The molecule has 3 unspecified atom stereocenters. The number of likely N-dealkylation sites (N-methyl/N-ethyl adjacent to an activating group) is 1. The Bertz CT molecular complexity index is 1010. The highest BCUT2D eigenvalue weighted by Crippen LogP contribution is 2.18. The number of likely N-dealkylation sites (tertiary alicyclic amines) is 1. The van der Waals surface area contributed by atoms with Gasteiger partial charge in [0.25, 0.3) is 0 Å². The summed E-state index contributed by atoms with van der Waals surface area (Å²) in [7, 11) is 1.87. The van der Waals surface area contributed by atoms with Gasteiger partial charge in [0.1, 0.15) is 6.04 Å². The van der Waals surface area contributed by atoms with Crippen LogP contribution in [-0.4, -0.2) is 54.3 Å². The maximum Gasteiger partial charge on any atom is 0.246 e. The normalized spacial score (nSPS) is 18.8. The molecule has 1 heterocycles. The second-order valence-corrected chi connectivity index (χ2v) is 9.18. The fourth-order valence-electron chi connectivity index (χ4n) is 4.28. The number of rotatable bonds is 9. The van der Waals surface area contributed by atoms with E-state index >= 15 is 0 Å². The molecule has 0 bridgehead atoms. The van der Waals surface area contributed by atoms with Crippen molar-refractivity contribution in [3.05, 3.63) is 65.2 Å². The molecule has 7 heteroatoms. The third kappa shape index (κ3) is 6.90. The topological polar surface area (TPSA) is 90.5 Å². The van der Waals surface area contributed by atoms with Gasteiger partial charge in [-0.25, -0.2) is 0 Å². The predicted octanol–water partition coefficient (Wildman–Crippen LogP) is 2.96. The molecule has 3 N–H and O–H groups in total. The zero-order valence-corrected chi connectivity index (χ0v) is 20.6. The summed E-state index contributed by atoms with van der Waals surface area (Å²) in [6.07, 6.45) is 2.09. The number of hydrogen-bond donors (Lipinski definition) is 3. The van der Waals surface area contributed by atoms with Crippen LogP contribution < -0.4 is 16.0 Å². The fraction of sp³-hybridized carbons (Fsp3) is 0.444. The summed E-state index contributed by atoms with van der Waals surface area (Å²) in [6, 6.07) is 14.6. The van der Waals surface area contributed by atoms with Crippen LogP contribution in [0.25, 0.3) is 0 Å². The van der Waals surface area contributed by atoms with Crippen molar-refractivity contribution in [2.75, 3.05) is 18.9 Å². The van der Waals surface area contributed by atoms with Crippen molar-refractivity contribution in [2.45, 2.75) is 64.6 Å². The Balaban J connectivity index is 1.69. The standard InChI is InChI=1S/C27H36N4O3/c1-5-25(32)28-22-16-24(31(4)17-22)27(34)30-23(14-12-20-9-7-6-8-10-20)26(33)29-21-13-11-18(2)19(3)15-21/h6-11,13,15,22-24H,5,12,14,16-17H2,1-4H3,(H,28,32)(H,29,33)(H,30,34). The molecular formula is C27H36N4O3. The fourth-order valence-corrected chi connectivity index (χ4v) is 4.28. The van der Waals surface area contributed by atoms with Crippen molar-refractivity contribution in [3.63, 3.8) is 0 Å². The van der Waals surface area contributed by atoms with Crippen molar-refractivity contribution in [1.82, 2.24) is 15.5 Å². The van der Waals surface area contributed by atoms with Gasteiger partial charge in [0.05, 0.1) is 6.04 Å². The van der Waals surface area contributed by atoms with Gasteiger partial charge in [-0.05, 0) is 69.0 Å². The summed E-state index contributed by atoms with van der Waals surface area (Å²) in [6.45, 7) is 6.44. The molecule has 1 aliphatic rings. The summed E-state index contributed by atoms with van der Waals surface area (Å²) in [4.78, 5) is 40.1. The average molecular weight is 465 g/mol. The second-order valence-electron chi connectivity index (χ2n) is 9.18. The van der Waals surface area contributed by atoms with Gasteiger partial charge in [-0.3, -0.25) is 19.3 Å². The minimum Gasteiger partial charge on any atom is -0.352 e. The molecule has 0 spiro atoms. The van der Waals surface area contributed by atoms with E-state index in [1.807, 2.05) is 81.2 Å². The monoisotopic (exact) mass is 464 g/mol. The molecule has 3 atom stereocenters. The van der Waals surface area contributed by atoms with Crippen LogP contribution in [0.2, 0.25) is 0 Å². The van der Waals surface area contributed by atoms with Gasteiger partial charge in [0.2, 0.25) is 17.7 Å². The summed E-state index contributed by atoms with van der Waals surface area (Å²) < 4.78 is 0. The molecule has 182 valence electrons. The van der Waals surface area contributed by atoms with Crippen molar-refractivity contribution >= 4 is 23.4 Å². The van der Waals surface area contributed by atoms with Crippen molar-refractivity contribution in [2.24, 2.45) is 0 Å². The van der Waals surface area contributed by atoms with Gasteiger partial charge in [-0.15, -0.1) is 0 Å². The van der Waals surface area contributed by atoms with Gasteiger partial charge in [-0.1, -0.05) is 43.3 Å². The van der Waals surface area contributed by atoms with Gasteiger partial charge < -0.3 is 16.0 Å². The highest BCUT2D eigenvalue weighted by Gasteiger charge is 2.36. The van der Waals surface area contributed by atoms with Crippen LogP contribution in [-0.2, 0) is 20.8 Å². The van der Waals surface area contributed by atoms with E-state index in [-0.39, 0.29) is 23.8 Å². The number of hydrogen-bond acceptors (Lipinski definition) is 4. The number of benzene rings is 2. The molecule has 0 aromatic heterocycles. The lowest BCUT2D eigenvalue weighted by molar-refractivity contribution is -0.129. The first-order valence-corrected chi connectivity index (χ1v) is 12.0. The van der Waals surface area contributed by atoms with Gasteiger partial charge >= 0.3 is 0 Å². The molecule has 0 radical (unpaired) electrons. The number of aryl methyl sites for hydroxylation is 3. The largest absolute Gasteiger partial charge is 0.352 e. The molecule has 1 aliphatic heterocycles. The van der Waals surface area contributed by atoms with Crippen molar-refractivity contribution < 1.29 is 14.4 Å². The molecule has 0 aliphatic carbocycles. The maximum absolute atomic E-state index is 13.2. The predicted molar refractivity (Wildman–Crippen MR) is 134 cm³/mol. The molecule has 34 heavy (non-hydrogen) atoms. The Morgan fingerprint density at radius 1 is 1.06 bits per heavy atom. The maximum atomic E-state index is 13.2. The molecule has 2 aromatic carbocycles. The molecule has 2 aromatic rings. The van der Waals surface area contributed by atoms with E-state index in [9.17, 15) is 14.4 Å². The number of carbonyl (C=O) groups excluding carboxylic acids is 3. The Morgan fingerprint density at radius 2 is 1.79 bits per heavy atom. The van der Waals surface area contributed by atoms with Crippen LogP contribution >= 0.6 is 0 Å². The first kappa shape index (κ1) is 25.4. The number of nitrogens with one attached hydrogen (secondary N) is 3. The Hall–Kier alpha value is -3.19.